The first-order valence-electron chi connectivity index (χ1n) is 7.53. The third-order valence-corrected chi connectivity index (χ3v) is 3.76. The van der Waals surface area contributed by atoms with Crippen LogP contribution >= 0.6 is 0 Å². The minimum absolute atomic E-state index is 0.380. The van der Waals surface area contributed by atoms with Crippen molar-refractivity contribution in [3.63, 3.8) is 0 Å². The molecule has 0 bridgehead atoms. The Hall–Kier alpha value is -3.19. The molecule has 0 aliphatic carbocycles. The van der Waals surface area contributed by atoms with Crippen LogP contribution in [0.3, 0.4) is 0 Å². The van der Waals surface area contributed by atoms with Crippen molar-refractivity contribution in [2.24, 2.45) is 0 Å². The van der Waals surface area contributed by atoms with Gasteiger partial charge in [0, 0.05) is 5.56 Å². The average molecular weight is 319 g/mol. The van der Waals surface area contributed by atoms with Crippen LogP contribution in [0.15, 0.2) is 54.6 Å². The van der Waals surface area contributed by atoms with Crippen LogP contribution in [0.25, 0.3) is 6.08 Å². The molecule has 1 amide bonds. The molecular formula is C20H17NO3. The lowest BCUT2D eigenvalue weighted by molar-refractivity contribution is 0.178. The van der Waals surface area contributed by atoms with Gasteiger partial charge in [-0.25, -0.2) is 4.79 Å². The maximum atomic E-state index is 12.2. The Labute approximate surface area is 141 Å². The molecule has 3 rings (SSSR count). The van der Waals surface area contributed by atoms with Gasteiger partial charge < -0.3 is 9.47 Å². The SMILES string of the molecule is COC(=O)N1c2ccccc2C=CC1C#Cc1ccc(OC)cc1. The molecule has 1 unspecified atom stereocenters. The van der Waals surface area contributed by atoms with Crippen LogP contribution in [-0.4, -0.2) is 26.4 Å². The highest BCUT2D eigenvalue weighted by molar-refractivity contribution is 5.94. The summed E-state index contributed by atoms with van der Waals surface area (Å²) in [5.41, 5.74) is 2.61. The predicted molar refractivity (Wildman–Crippen MR) is 94.0 cm³/mol. The number of fused-ring (bicyclic) bond motifs is 1. The third kappa shape index (κ3) is 3.11. The zero-order valence-electron chi connectivity index (χ0n) is 13.5. The number of methoxy groups -OCH3 is 2. The summed E-state index contributed by atoms with van der Waals surface area (Å²) in [6.07, 6.45) is 3.44. The van der Waals surface area contributed by atoms with Gasteiger partial charge in [0.1, 0.15) is 11.8 Å². The maximum Gasteiger partial charge on any atom is 0.415 e. The average Bonchev–Trinajstić information content (AvgIpc) is 2.65. The first-order chi connectivity index (χ1) is 11.7. The molecule has 2 aromatic rings. The summed E-state index contributed by atoms with van der Waals surface area (Å²) in [5, 5.41) is 0. The van der Waals surface area contributed by atoms with E-state index in [0.717, 1.165) is 22.6 Å². The highest BCUT2D eigenvalue weighted by Crippen LogP contribution is 2.29. The van der Waals surface area contributed by atoms with Crippen molar-refractivity contribution in [1.82, 2.24) is 0 Å². The molecule has 1 heterocycles. The Kier molecular flexibility index (Phi) is 4.53. The Bertz CT molecular complexity index is 828. The number of carbonyl (C=O) groups is 1. The molecule has 4 nitrogen and oxygen atoms in total. The molecule has 120 valence electrons. The first-order valence-corrected chi connectivity index (χ1v) is 7.53. The Morgan fingerprint density at radius 1 is 1.08 bits per heavy atom. The fourth-order valence-electron chi connectivity index (χ4n) is 2.53. The first kappa shape index (κ1) is 15.7. The number of amides is 1. The third-order valence-electron chi connectivity index (χ3n) is 3.76. The highest BCUT2D eigenvalue weighted by atomic mass is 16.5. The molecule has 0 N–H and O–H groups in total. The largest absolute Gasteiger partial charge is 0.497 e. The van der Waals surface area contributed by atoms with Gasteiger partial charge in [-0.05, 0) is 42.0 Å². The smallest absolute Gasteiger partial charge is 0.415 e. The number of ether oxygens (including phenoxy) is 2. The number of hydrogen-bond donors (Lipinski definition) is 0. The van der Waals surface area contributed by atoms with Crippen LogP contribution in [0.2, 0.25) is 0 Å². The van der Waals surface area contributed by atoms with E-state index in [-0.39, 0.29) is 6.04 Å². The summed E-state index contributed by atoms with van der Waals surface area (Å²) < 4.78 is 10.1. The lowest BCUT2D eigenvalue weighted by atomic mass is 10.0. The number of anilines is 1. The lowest BCUT2D eigenvalue weighted by Gasteiger charge is -2.29. The van der Waals surface area contributed by atoms with Crippen LogP contribution in [0.5, 0.6) is 5.75 Å². The normalized spacial score (nSPS) is 15.1. The van der Waals surface area contributed by atoms with Gasteiger partial charge in [-0.2, -0.15) is 0 Å². The predicted octanol–water partition coefficient (Wildman–Crippen LogP) is 3.72. The minimum atomic E-state index is -0.430. The maximum absolute atomic E-state index is 12.2. The molecule has 2 aromatic carbocycles. The molecule has 1 atom stereocenters. The topological polar surface area (TPSA) is 38.8 Å². The molecule has 24 heavy (non-hydrogen) atoms. The fraction of sp³-hybridized carbons (Fsp3) is 0.150. The van der Waals surface area contributed by atoms with Gasteiger partial charge in [0.2, 0.25) is 0 Å². The monoisotopic (exact) mass is 319 g/mol. The van der Waals surface area contributed by atoms with Crippen molar-refractivity contribution in [3.05, 3.63) is 65.7 Å². The second-order valence-corrected chi connectivity index (χ2v) is 5.20. The van der Waals surface area contributed by atoms with Crippen molar-refractivity contribution >= 4 is 17.9 Å². The Morgan fingerprint density at radius 2 is 1.83 bits per heavy atom. The Balaban J connectivity index is 1.92. The van der Waals surface area contributed by atoms with Crippen LogP contribution in [0.1, 0.15) is 11.1 Å². The van der Waals surface area contributed by atoms with E-state index in [2.05, 4.69) is 11.8 Å². The van der Waals surface area contributed by atoms with E-state index in [0.29, 0.717) is 0 Å². The number of nitrogens with zero attached hydrogens (tertiary/aromatic N) is 1. The highest BCUT2D eigenvalue weighted by Gasteiger charge is 2.27. The van der Waals surface area contributed by atoms with E-state index in [9.17, 15) is 4.79 Å². The molecule has 1 aliphatic rings. The van der Waals surface area contributed by atoms with Crippen molar-refractivity contribution < 1.29 is 14.3 Å². The fourth-order valence-corrected chi connectivity index (χ4v) is 2.53. The van der Waals surface area contributed by atoms with Gasteiger partial charge in [0.05, 0.1) is 19.9 Å². The quantitative estimate of drug-likeness (QED) is 0.752. The van der Waals surface area contributed by atoms with Crippen molar-refractivity contribution in [2.45, 2.75) is 6.04 Å². The van der Waals surface area contributed by atoms with E-state index in [1.165, 1.54) is 7.11 Å². The second kappa shape index (κ2) is 6.93. The number of benzene rings is 2. The van der Waals surface area contributed by atoms with Gasteiger partial charge in [-0.1, -0.05) is 36.1 Å². The number of para-hydroxylation sites is 1. The van der Waals surface area contributed by atoms with Crippen molar-refractivity contribution in [2.75, 3.05) is 19.1 Å². The number of rotatable bonds is 1. The Morgan fingerprint density at radius 3 is 2.54 bits per heavy atom. The van der Waals surface area contributed by atoms with Gasteiger partial charge in [-0.3, -0.25) is 4.90 Å². The summed E-state index contributed by atoms with van der Waals surface area (Å²) in [5.74, 6) is 7.01. The number of hydrogen-bond acceptors (Lipinski definition) is 3. The van der Waals surface area contributed by atoms with Crippen LogP contribution in [-0.2, 0) is 4.74 Å². The summed E-state index contributed by atoms with van der Waals surface area (Å²) in [4.78, 5) is 13.8. The molecule has 4 heteroatoms. The van der Waals surface area contributed by atoms with E-state index >= 15 is 0 Å². The molecule has 0 fully saturated rings. The van der Waals surface area contributed by atoms with E-state index in [4.69, 9.17) is 9.47 Å². The summed E-state index contributed by atoms with van der Waals surface area (Å²) in [7, 11) is 3.00. The molecule has 0 aromatic heterocycles. The van der Waals surface area contributed by atoms with Crippen molar-refractivity contribution in [1.29, 1.82) is 0 Å². The van der Waals surface area contributed by atoms with Gasteiger partial charge >= 0.3 is 6.09 Å². The summed E-state index contributed by atoms with van der Waals surface area (Å²) in [6.45, 7) is 0. The van der Waals surface area contributed by atoms with Gasteiger partial charge in [0.15, 0.2) is 0 Å². The molecule has 0 spiro atoms. The molecular weight excluding hydrogens is 302 g/mol. The van der Waals surface area contributed by atoms with Gasteiger partial charge in [0.25, 0.3) is 0 Å². The summed E-state index contributed by atoms with van der Waals surface area (Å²) >= 11 is 0. The summed E-state index contributed by atoms with van der Waals surface area (Å²) in [6, 6.07) is 14.8. The van der Waals surface area contributed by atoms with Crippen LogP contribution in [0, 0.1) is 11.8 Å². The molecule has 0 radical (unpaired) electrons. The van der Waals surface area contributed by atoms with E-state index in [1.807, 2.05) is 60.7 Å². The van der Waals surface area contributed by atoms with Crippen LogP contribution < -0.4 is 9.64 Å². The second-order valence-electron chi connectivity index (χ2n) is 5.20. The molecule has 0 saturated heterocycles. The van der Waals surface area contributed by atoms with Crippen LogP contribution in [0.4, 0.5) is 10.5 Å². The van der Waals surface area contributed by atoms with E-state index < -0.39 is 6.09 Å². The molecule has 0 saturated carbocycles. The zero-order chi connectivity index (χ0) is 16.9. The minimum Gasteiger partial charge on any atom is -0.497 e. The standard InChI is InChI=1S/C20H17NO3/c1-23-18-13-8-15(9-14-18)7-11-17-12-10-16-5-3-4-6-19(16)21(17)20(22)24-2/h3-6,8-10,12-14,17H,1-2H3. The van der Waals surface area contributed by atoms with E-state index in [1.54, 1.807) is 12.0 Å². The van der Waals surface area contributed by atoms with Crippen molar-refractivity contribution in [3.8, 4) is 17.6 Å². The lowest BCUT2D eigenvalue weighted by Crippen LogP contribution is -2.40. The zero-order valence-corrected chi connectivity index (χ0v) is 13.5. The number of carbonyl (C=O) groups excluding carboxylic acids is 1. The van der Waals surface area contributed by atoms with Gasteiger partial charge in [-0.15, -0.1) is 0 Å². The molecule has 1 aliphatic heterocycles.